The molecule has 2 aromatic heterocycles. The predicted octanol–water partition coefficient (Wildman–Crippen LogP) is 6.85. The van der Waals surface area contributed by atoms with Gasteiger partial charge in [0.2, 0.25) is 0 Å². The quantitative estimate of drug-likeness (QED) is 0.0843. The number of esters is 3. The first kappa shape index (κ1) is 41.4. The maximum absolute atomic E-state index is 13.5. The number of carbonyl (C=O) groups excluding carboxylic acids is 5. The van der Waals surface area contributed by atoms with E-state index in [1.54, 1.807) is 48.7 Å². The van der Waals surface area contributed by atoms with Crippen LogP contribution in [0.5, 0.6) is 23.0 Å². The molecule has 13 nitrogen and oxygen atoms in total. The summed E-state index contributed by atoms with van der Waals surface area (Å²) >= 11 is 0. The number of benzene rings is 3. The number of rotatable bonds is 11. The first-order valence-corrected chi connectivity index (χ1v) is 18.3. The van der Waals surface area contributed by atoms with Crippen molar-refractivity contribution >= 4 is 35.7 Å². The average Bonchev–Trinajstić information content (AvgIpc) is 3.45. The zero-order chi connectivity index (χ0) is 41.0. The molecule has 13 heteroatoms. The molecule has 4 heterocycles. The van der Waals surface area contributed by atoms with E-state index in [0.29, 0.717) is 46.8 Å². The van der Waals surface area contributed by atoms with Crippen molar-refractivity contribution in [3.63, 3.8) is 0 Å². The summed E-state index contributed by atoms with van der Waals surface area (Å²) in [5, 5.41) is 3.54. The van der Waals surface area contributed by atoms with Gasteiger partial charge in [0.15, 0.2) is 5.60 Å². The minimum absolute atomic E-state index is 0.167. The molecule has 0 unspecified atom stereocenters. The highest BCUT2D eigenvalue weighted by molar-refractivity contribution is 5.97. The van der Waals surface area contributed by atoms with Crippen LogP contribution in [0.2, 0.25) is 0 Å². The number of hydrogen-bond donors (Lipinski definition) is 1. The van der Waals surface area contributed by atoms with Crippen LogP contribution in [0.3, 0.4) is 0 Å². The van der Waals surface area contributed by atoms with Gasteiger partial charge in [0.25, 0.3) is 0 Å². The van der Waals surface area contributed by atoms with Crippen molar-refractivity contribution in [3.8, 4) is 23.0 Å². The fourth-order valence-electron chi connectivity index (χ4n) is 6.42. The zero-order valence-electron chi connectivity index (χ0n) is 32.4. The van der Waals surface area contributed by atoms with E-state index in [2.05, 4.69) is 20.2 Å². The maximum Gasteiger partial charge on any atom is 0.340 e. The third-order valence-electron chi connectivity index (χ3n) is 8.55. The lowest BCUT2D eigenvalue weighted by molar-refractivity contribution is -0.132. The highest BCUT2D eigenvalue weighted by Gasteiger charge is 2.54. The van der Waals surface area contributed by atoms with Gasteiger partial charge in [0, 0.05) is 99.0 Å². The smallest absolute Gasteiger partial charge is 0.340 e. The van der Waals surface area contributed by atoms with E-state index in [4.69, 9.17) is 23.7 Å². The molecular formula is C44H44N4O9. The van der Waals surface area contributed by atoms with Crippen molar-refractivity contribution < 1.29 is 42.9 Å². The summed E-state index contributed by atoms with van der Waals surface area (Å²) in [6.07, 6.45) is 5.16. The number of ether oxygens (including phenoxy) is 4. The molecule has 0 fully saturated rings. The van der Waals surface area contributed by atoms with Gasteiger partial charge < -0.3 is 33.9 Å². The van der Waals surface area contributed by atoms with Crippen LogP contribution in [0, 0.1) is 0 Å². The summed E-state index contributed by atoms with van der Waals surface area (Å²) < 4.78 is 23.3. The third-order valence-corrected chi connectivity index (χ3v) is 8.55. The monoisotopic (exact) mass is 772 g/mol. The van der Waals surface area contributed by atoms with E-state index in [1.165, 1.54) is 34.6 Å². The number of Topliss-reactive ketones (excluding diaryl/α,β-unsaturated/α-hetero) is 1. The van der Waals surface area contributed by atoms with Crippen molar-refractivity contribution in [1.29, 1.82) is 0 Å². The number of pyridine rings is 2. The molecular weight excluding hydrogens is 729 g/mol. The number of nitrogens with one attached hydrogen (secondary N) is 1. The second-order valence-electron chi connectivity index (χ2n) is 13.2. The van der Waals surface area contributed by atoms with Gasteiger partial charge in [-0.25, -0.2) is 4.79 Å². The van der Waals surface area contributed by atoms with Crippen LogP contribution in [0.15, 0.2) is 103 Å². The molecule has 0 atom stereocenters. The summed E-state index contributed by atoms with van der Waals surface area (Å²) in [4.78, 5) is 66.6. The SMILES string of the molecule is CC(=O)Oc1ccc2c(c1)Oc1cc(OC(C)=O)ccc1C21OC(=O)c2ccc(NCCN(CCc3ccccn3)Cc3ccccn3)cc21.CC(C)=O.CC=O. The number of aromatic nitrogens is 2. The number of nitrogens with zero attached hydrogens (tertiary/aromatic N) is 3. The van der Waals surface area contributed by atoms with E-state index in [9.17, 15) is 19.2 Å². The molecule has 0 aliphatic carbocycles. The van der Waals surface area contributed by atoms with Gasteiger partial charge in [-0.05, 0) is 87.5 Å². The van der Waals surface area contributed by atoms with Gasteiger partial charge in [-0.15, -0.1) is 0 Å². The number of ketones is 1. The van der Waals surface area contributed by atoms with Crippen LogP contribution in [0.25, 0.3) is 0 Å². The third kappa shape index (κ3) is 10.5. The van der Waals surface area contributed by atoms with Crippen LogP contribution in [0.1, 0.15) is 73.1 Å². The Hall–Kier alpha value is -6.73. The Morgan fingerprint density at radius 2 is 1.32 bits per heavy atom. The fraction of sp³-hybridized carbons (Fsp3) is 0.250. The van der Waals surface area contributed by atoms with Crippen LogP contribution >= 0.6 is 0 Å². The average molecular weight is 773 g/mol. The Morgan fingerprint density at radius 1 is 0.754 bits per heavy atom. The molecule has 0 amide bonds. The first-order chi connectivity index (χ1) is 27.4. The molecule has 2 aliphatic heterocycles. The van der Waals surface area contributed by atoms with Crippen molar-refractivity contribution in [3.05, 3.63) is 137 Å². The van der Waals surface area contributed by atoms with E-state index in [0.717, 1.165) is 42.9 Å². The second kappa shape index (κ2) is 19.2. The maximum atomic E-state index is 13.5. The Labute approximate surface area is 331 Å². The molecule has 294 valence electrons. The van der Waals surface area contributed by atoms with Gasteiger partial charge in [0.1, 0.15) is 35.1 Å². The molecule has 0 bridgehead atoms. The summed E-state index contributed by atoms with van der Waals surface area (Å²) in [5.41, 5.74) is 3.57. The lowest BCUT2D eigenvalue weighted by Crippen LogP contribution is -2.33. The fourth-order valence-corrected chi connectivity index (χ4v) is 6.42. The van der Waals surface area contributed by atoms with Gasteiger partial charge in [-0.2, -0.15) is 0 Å². The second-order valence-corrected chi connectivity index (χ2v) is 13.2. The van der Waals surface area contributed by atoms with Crippen molar-refractivity contribution in [2.45, 2.75) is 53.2 Å². The largest absolute Gasteiger partial charge is 0.456 e. The molecule has 3 aromatic carbocycles. The number of fused-ring (bicyclic) bond motifs is 6. The molecule has 2 aliphatic rings. The number of anilines is 1. The van der Waals surface area contributed by atoms with Crippen molar-refractivity contribution in [2.75, 3.05) is 25.0 Å². The topological polar surface area (TPSA) is 163 Å². The molecule has 1 spiro atoms. The normalized spacial score (nSPS) is 12.5. The number of aldehydes is 1. The Kier molecular flexibility index (Phi) is 14.0. The molecule has 0 saturated heterocycles. The standard InChI is InChI=1S/C39H34N4O7.C3H6O.C2H4O/c1-25(44)47-30-10-13-33-36(22-30)49-37-23-31(48-26(2)45)11-14-34(37)39(33)35-21-28(9-12-32(35)38(46)50-39)42-18-20-43(24-29-8-4-6-17-41-29)19-15-27-7-3-5-16-40-27;1-3(2)4;1-2-3/h3-14,16-17,21-23,42H,15,18-20,24H2,1-2H3;1-2H3;2H,1H3. The highest BCUT2D eigenvalue weighted by Crippen LogP contribution is 2.57. The summed E-state index contributed by atoms with van der Waals surface area (Å²) in [6.45, 7) is 9.93. The van der Waals surface area contributed by atoms with Crippen LogP contribution < -0.4 is 19.5 Å². The van der Waals surface area contributed by atoms with Gasteiger partial charge in [0.05, 0.1) is 11.3 Å². The van der Waals surface area contributed by atoms with Gasteiger partial charge >= 0.3 is 17.9 Å². The predicted molar refractivity (Wildman–Crippen MR) is 211 cm³/mol. The Bertz CT molecular complexity index is 2160. The Morgan fingerprint density at radius 3 is 1.84 bits per heavy atom. The van der Waals surface area contributed by atoms with Gasteiger partial charge in [-0.1, -0.05) is 12.1 Å². The summed E-state index contributed by atoms with van der Waals surface area (Å²) in [6, 6.07) is 27.3. The lowest BCUT2D eigenvalue weighted by Gasteiger charge is -2.36. The van der Waals surface area contributed by atoms with E-state index in [1.807, 2.05) is 54.7 Å². The van der Waals surface area contributed by atoms with Gasteiger partial charge in [-0.3, -0.25) is 24.5 Å². The molecule has 1 N–H and O–H groups in total. The van der Waals surface area contributed by atoms with Crippen LogP contribution in [-0.4, -0.2) is 64.5 Å². The Balaban J connectivity index is 0.000000823. The van der Waals surface area contributed by atoms with Crippen LogP contribution in [0.4, 0.5) is 5.69 Å². The molecule has 0 saturated carbocycles. The number of carbonyl (C=O) groups is 5. The van der Waals surface area contributed by atoms with Crippen LogP contribution in [-0.2, 0) is 42.5 Å². The van der Waals surface area contributed by atoms with E-state index < -0.39 is 23.5 Å². The summed E-state index contributed by atoms with van der Waals surface area (Å²) in [7, 11) is 0. The van der Waals surface area contributed by atoms with E-state index in [-0.39, 0.29) is 17.3 Å². The van der Waals surface area contributed by atoms with Crippen molar-refractivity contribution in [2.24, 2.45) is 0 Å². The van der Waals surface area contributed by atoms with Crippen molar-refractivity contribution in [1.82, 2.24) is 14.9 Å². The lowest BCUT2D eigenvalue weighted by atomic mass is 9.77. The van der Waals surface area contributed by atoms with E-state index >= 15 is 0 Å². The molecule has 7 rings (SSSR count). The minimum Gasteiger partial charge on any atom is -0.456 e. The highest BCUT2D eigenvalue weighted by atomic mass is 16.6. The molecule has 57 heavy (non-hydrogen) atoms. The zero-order valence-corrected chi connectivity index (χ0v) is 32.4. The first-order valence-electron chi connectivity index (χ1n) is 18.3. The molecule has 0 radical (unpaired) electrons. The number of hydrogen-bond acceptors (Lipinski definition) is 13. The molecule has 5 aromatic rings. The summed E-state index contributed by atoms with van der Waals surface area (Å²) in [5.74, 6) is -0.113. The minimum atomic E-state index is -1.38.